The summed E-state index contributed by atoms with van der Waals surface area (Å²) in [6.45, 7) is 15.5. The van der Waals surface area contributed by atoms with E-state index in [1.807, 2.05) is 0 Å². The molecule has 0 heterocycles. The molecule has 0 aliphatic carbocycles. The van der Waals surface area contributed by atoms with Gasteiger partial charge >= 0.3 is 0 Å². The Morgan fingerprint density at radius 1 is 1.18 bits per heavy atom. The van der Waals surface area contributed by atoms with Crippen LogP contribution < -0.4 is 0 Å². The van der Waals surface area contributed by atoms with Crippen molar-refractivity contribution in [1.29, 1.82) is 0 Å². The average molecular weight is 155 g/mol. The van der Waals surface area contributed by atoms with Crippen molar-refractivity contribution in [3.63, 3.8) is 0 Å². The van der Waals surface area contributed by atoms with E-state index < -0.39 is 0 Å². The molecule has 0 saturated carbocycles. The Hall–Kier alpha value is 0. The van der Waals surface area contributed by atoms with Crippen molar-refractivity contribution < 1.29 is 0 Å². The van der Waals surface area contributed by atoms with E-state index in [1.54, 1.807) is 0 Å². The first kappa shape index (κ1) is 11.0. The maximum atomic E-state index is 4.19. The molecule has 0 rings (SSSR count). The van der Waals surface area contributed by atoms with Crippen LogP contribution in [0.1, 0.15) is 47.5 Å². The van der Waals surface area contributed by atoms with Crippen molar-refractivity contribution >= 4 is 0 Å². The van der Waals surface area contributed by atoms with Crippen LogP contribution in [-0.2, 0) is 0 Å². The first-order valence-corrected chi connectivity index (χ1v) is 4.78. The zero-order chi connectivity index (χ0) is 9.07. The van der Waals surface area contributed by atoms with Gasteiger partial charge in [-0.3, -0.25) is 0 Å². The van der Waals surface area contributed by atoms with E-state index in [-0.39, 0.29) is 5.41 Å². The summed E-state index contributed by atoms with van der Waals surface area (Å²) in [5, 5.41) is 0. The SMILES string of the molecule is [CH2]C(C)(C)C(C)C(CC)CC. The number of hydrogen-bond donors (Lipinski definition) is 0. The Morgan fingerprint density at radius 3 is 1.64 bits per heavy atom. The van der Waals surface area contributed by atoms with Crippen molar-refractivity contribution in [2.45, 2.75) is 47.5 Å². The van der Waals surface area contributed by atoms with Crippen molar-refractivity contribution in [3.8, 4) is 0 Å². The molecule has 0 amide bonds. The highest BCUT2D eigenvalue weighted by Gasteiger charge is 2.25. The van der Waals surface area contributed by atoms with E-state index >= 15 is 0 Å². The third-order valence-corrected chi connectivity index (χ3v) is 2.99. The Morgan fingerprint density at radius 2 is 1.55 bits per heavy atom. The zero-order valence-electron chi connectivity index (χ0n) is 8.78. The second kappa shape index (κ2) is 4.13. The summed E-state index contributed by atoms with van der Waals surface area (Å²) < 4.78 is 0. The molecular formula is C11H23. The summed E-state index contributed by atoms with van der Waals surface area (Å²) in [7, 11) is 0. The van der Waals surface area contributed by atoms with E-state index in [1.165, 1.54) is 12.8 Å². The van der Waals surface area contributed by atoms with Gasteiger partial charge in [0.05, 0.1) is 0 Å². The molecule has 67 valence electrons. The normalized spacial score (nSPS) is 15.5. The first-order chi connectivity index (χ1) is 4.93. The lowest BCUT2D eigenvalue weighted by Gasteiger charge is -2.33. The summed E-state index contributed by atoms with van der Waals surface area (Å²) in [6, 6.07) is 0. The molecule has 0 aliphatic rings. The predicted octanol–water partition coefficient (Wildman–Crippen LogP) is 3.92. The van der Waals surface area contributed by atoms with Gasteiger partial charge < -0.3 is 0 Å². The second-order valence-electron chi connectivity index (χ2n) is 4.35. The van der Waals surface area contributed by atoms with E-state index in [2.05, 4.69) is 41.5 Å². The van der Waals surface area contributed by atoms with Crippen molar-refractivity contribution in [3.05, 3.63) is 6.92 Å². The van der Waals surface area contributed by atoms with Crippen molar-refractivity contribution in [2.75, 3.05) is 0 Å². The lowest BCUT2D eigenvalue weighted by Crippen LogP contribution is -2.25. The molecule has 1 unspecified atom stereocenters. The van der Waals surface area contributed by atoms with Crippen LogP contribution in [0.4, 0.5) is 0 Å². The van der Waals surface area contributed by atoms with Gasteiger partial charge in [0.1, 0.15) is 0 Å². The molecule has 0 saturated heterocycles. The quantitative estimate of drug-likeness (QED) is 0.577. The standard InChI is InChI=1S/C11H23/c1-7-10(8-2)9(3)11(4,5)6/h9-10H,4,7-8H2,1-3,5-6H3. The van der Waals surface area contributed by atoms with Crippen LogP contribution in [0, 0.1) is 24.2 Å². The van der Waals surface area contributed by atoms with Gasteiger partial charge in [0.15, 0.2) is 0 Å². The van der Waals surface area contributed by atoms with Gasteiger partial charge in [0.25, 0.3) is 0 Å². The molecule has 0 N–H and O–H groups in total. The summed E-state index contributed by atoms with van der Waals surface area (Å²) >= 11 is 0. The van der Waals surface area contributed by atoms with Crippen LogP contribution in [0.5, 0.6) is 0 Å². The predicted molar refractivity (Wildman–Crippen MR) is 52.4 cm³/mol. The Balaban J connectivity index is 4.09. The van der Waals surface area contributed by atoms with Gasteiger partial charge in [0.2, 0.25) is 0 Å². The van der Waals surface area contributed by atoms with E-state index in [0.29, 0.717) is 0 Å². The minimum absolute atomic E-state index is 0.233. The molecule has 0 fully saturated rings. The molecule has 0 heteroatoms. The largest absolute Gasteiger partial charge is 0.0651 e. The van der Waals surface area contributed by atoms with Gasteiger partial charge in [-0.05, 0) is 24.2 Å². The van der Waals surface area contributed by atoms with Crippen LogP contribution in [0.15, 0.2) is 0 Å². The summed E-state index contributed by atoms with van der Waals surface area (Å²) in [5.41, 5.74) is 0.233. The summed E-state index contributed by atoms with van der Waals surface area (Å²) in [6.07, 6.45) is 2.58. The zero-order valence-corrected chi connectivity index (χ0v) is 8.78. The summed E-state index contributed by atoms with van der Waals surface area (Å²) in [5.74, 6) is 1.58. The first-order valence-electron chi connectivity index (χ1n) is 4.78. The van der Waals surface area contributed by atoms with Gasteiger partial charge in [-0.15, -0.1) is 0 Å². The maximum absolute atomic E-state index is 4.19. The topological polar surface area (TPSA) is 0 Å². The lowest BCUT2D eigenvalue weighted by atomic mass is 9.72. The van der Waals surface area contributed by atoms with Crippen molar-refractivity contribution in [2.24, 2.45) is 17.3 Å². The minimum atomic E-state index is 0.233. The number of hydrogen-bond acceptors (Lipinski definition) is 0. The van der Waals surface area contributed by atoms with Crippen LogP contribution in [-0.4, -0.2) is 0 Å². The minimum Gasteiger partial charge on any atom is -0.0651 e. The summed E-state index contributed by atoms with van der Waals surface area (Å²) in [4.78, 5) is 0. The van der Waals surface area contributed by atoms with Gasteiger partial charge in [-0.1, -0.05) is 47.5 Å². The molecule has 1 atom stereocenters. The highest BCUT2D eigenvalue weighted by molar-refractivity contribution is 4.81. The van der Waals surface area contributed by atoms with Gasteiger partial charge in [-0.2, -0.15) is 0 Å². The fourth-order valence-corrected chi connectivity index (χ4v) is 1.63. The van der Waals surface area contributed by atoms with Crippen LogP contribution in [0.3, 0.4) is 0 Å². The highest BCUT2D eigenvalue weighted by Crippen LogP contribution is 2.34. The maximum Gasteiger partial charge on any atom is -0.0326 e. The lowest BCUT2D eigenvalue weighted by molar-refractivity contribution is 0.194. The molecule has 0 bridgehead atoms. The molecule has 0 nitrogen and oxygen atoms in total. The molecule has 0 spiro atoms. The van der Waals surface area contributed by atoms with Gasteiger partial charge in [-0.25, -0.2) is 0 Å². The molecule has 0 aliphatic heterocycles. The Bertz CT molecular complexity index is 93.1. The van der Waals surface area contributed by atoms with E-state index in [0.717, 1.165) is 11.8 Å². The monoisotopic (exact) mass is 155 g/mol. The Labute approximate surface area is 72.4 Å². The molecule has 11 heavy (non-hydrogen) atoms. The van der Waals surface area contributed by atoms with Crippen LogP contribution in [0.2, 0.25) is 0 Å². The molecule has 0 aromatic rings. The van der Waals surface area contributed by atoms with Crippen LogP contribution >= 0.6 is 0 Å². The van der Waals surface area contributed by atoms with E-state index in [9.17, 15) is 0 Å². The second-order valence-corrected chi connectivity index (χ2v) is 4.35. The third-order valence-electron chi connectivity index (χ3n) is 2.99. The smallest absolute Gasteiger partial charge is 0.0326 e. The van der Waals surface area contributed by atoms with Gasteiger partial charge in [0, 0.05) is 0 Å². The molecular weight excluding hydrogens is 132 g/mol. The third kappa shape index (κ3) is 3.27. The average Bonchev–Trinajstić information content (AvgIpc) is 1.88. The van der Waals surface area contributed by atoms with E-state index in [4.69, 9.17) is 0 Å². The Kier molecular flexibility index (Phi) is 4.13. The molecule has 1 radical (unpaired) electrons. The fraction of sp³-hybridized carbons (Fsp3) is 0.909. The van der Waals surface area contributed by atoms with Crippen molar-refractivity contribution in [1.82, 2.24) is 0 Å². The molecule has 0 aromatic carbocycles. The fourth-order valence-electron chi connectivity index (χ4n) is 1.63. The molecule has 0 aromatic heterocycles. The highest BCUT2D eigenvalue weighted by atomic mass is 14.3. The number of rotatable bonds is 4. The van der Waals surface area contributed by atoms with Crippen LogP contribution in [0.25, 0.3) is 0 Å².